The molecule has 0 spiro atoms. The summed E-state index contributed by atoms with van der Waals surface area (Å²) in [5.41, 5.74) is 0. The second-order valence-corrected chi connectivity index (χ2v) is 1.91. The van der Waals surface area contributed by atoms with E-state index in [1.54, 1.807) is 0 Å². The lowest BCUT2D eigenvalue weighted by Gasteiger charge is -1.94. The van der Waals surface area contributed by atoms with Crippen LogP contribution >= 0.6 is 11.6 Å². The van der Waals surface area contributed by atoms with Gasteiger partial charge >= 0.3 is 6.01 Å². The van der Waals surface area contributed by atoms with E-state index in [0.29, 0.717) is 0 Å². The van der Waals surface area contributed by atoms with Gasteiger partial charge in [0.2, 0.25) is 0 Å². The lowest BCUT2D eigenvalue weighted by atomic mass is 10.4. The van der Waals surface area contributed by atoms with Crippen molar-refractivity contribution in [2.75, 3.05) is 0 Å². The number of hydrogen-bond acceptors (Lipinski definition) is 1. The van der Waals surface area contributed by atoms with Crippen LogP contribution in [0.1, 0.15) is 6.92 Å². The van der Waals surface area contributed by atoms with Crippen molar-refractivity contribution in [3.63, 3.8) is 0 Å². The van der Waals surface area contributed by atoms with Gasteiger partial charge in [0.15, 0.2) is 5.83 Å². The molecule has 0 aromatic rings. The summed E-state index contributed by atoms with van der Waals surface area (Å²) in [5, 5.41) is 6.65. The Labute approximate surface area is 50.6 Å². The molecule has 0 aromatic heterocycles. The van der Waals surface area contributed by atoms with Crippen molar-refractivity contribution in [2.45, 2.75) is 12.3 Å². The second kappa shape index (κ2) is 2.87. The van der Waals surface area contributed by atoms with Crippen LogP contribution < -0.4 is 0 Å². The average Bonchev–Trinajstić information content (AvgIpc) is 1.64. The minimum atomic E-state index is -1.84. The lowest BCUT2D eigenvalue weighted by Crippen LogP contribution is -1.92. The van der Waals surface area contributed by atoms with E-state index >= 15 is 0 Å². The van der Waals surface area contributed by atoms with E-state index in [2.05, 4.69) is 0 Å². The van der Waals surface area contributed by atoms with Crippen molar-refractivity contribution in [1.29, 1.82) is 0 Å². The number of hydrogen-bond donors (Lipinski definition) is 1. The highest BCUT2D eigenvalue weighted by molar-refractivity contribution is 6.21. The van der Waals surface area contributed by atoms with E-state index in [0.717, 1.165) is 0 Å². The molecular weight excluding hydrogens is 137 g/mol. The molecule has 48 valence electrons. The number of rotatable bonds is 1. The minimum Gasteiger partial charge on any atom is -0.484 e. The Balaban J connectivity index is 4.00. The molecule has 0 bridgehead atoms. The summed E-state index contributed by atoms with van der Waals surface area (Å²) in [6, 6.07) is -1.84. The molecule has 1 N–H and O–H groups in total. The molecule has 0 heterocycles. The van der Waals surface area contributed by atoms with Crippen molar-refractivity contribution in [1.82, 2.24) is 0 Å². The molecule has 1 unspecified atom stereocenters. The Morgan fingerprint density at radius 1 is 1.62 bits per heavy atom. The topological polar surface area (TPSA) is 20.2 Å². The van der Waals surface area contributed by atoms with E-state index in [1.807, 2.05) is 0 Å². The fourth-order valence-corrected chi connectivity index (χ4v) is 0.254. The normalized spacial score (nSPS) is 17.5. The first kappa shape index (κ1) is 7.69. The zero-order chi connectivity index (χ0) is 6.73. The first-order valence-corrected chi connectivity index (χ1v) is 2.37. The molecule has 0 aliphatic carbocycles. The number of alkyl halides is 1. The fraction of sp³-hybridized carbons (Fsp3) is 0.500. The molecule has 4 heteroatoms. The molecule has 0 rings (SSSR count). The van der Waals surface area contributed by atoms with Gasteiger partial charge in [0, 0.05) is 0 Å². The molecule has 0 aliphatic rings. The van der Waals surface area contributed by atoms with Crippen LogP contribution in [0.5, 0.6) is 0 Å². The molecule has 0 radical (unpaired) electrons. The van der Waals surface area contributed by atoms with E-state index in [-0.39, 0.29) is 0 Å². The van der Waals surface area contributed by atoms with Gasteiger partial charge in [-0.2, -0.15) is 4.39 Å². The SMILES string of the molecule is CC(Cl)C(F)=C(O)F. The number of aliphatic hydroxyl groups excluding tert-OH is 1. The molecule has 0 saturated heterocycles. The van der Waals surface area contributed by atoms with Crippen LogP contribution in [0.3, 0.4) is 0 Å². The zero-order valence-corrected chi connectivity index (χ0v) is 4.91. The lowest BCUT2D eigenvalue weighted by molar-refractivity contribution is 0.256. The van der Waals surface area contributed by atoms with Crippen molar-refractivity contribution < 1.29 is 13.9 Å². The minimum absolute atomic E-state index is 1.10. The smallest absolute Gasteiger partial charge is 0.303 e. The summed E-state index contributed by atoms with van der Waals surface area (Å²) in [7, 11) is 0. The highest BCUT2D eigenvalue weighted by Gasteiger charge is 2.09. The zero-order valence-electron chi connectivity index (χ0n) is 4.16. The van der Waals surface area contributed by atoms with Crippen LogP contribution in [0.4, 0.5) is 8.78 Å². The highest BCUT2D eigenvalue weighted by Crippen LogP contribution is 2.13. The number of aliphatic hydroxyl groups is 1. The summed E-state index contributed by atoms with van der Waals surface area (Å²) in [6.45, 7) is 1.21. The van der Waals surface area contributed by atoms with Crippen molar-refractivity contribution >= 4 is 11.6 Å². The molecule has 0 fully saturated rings. The van der Waals surface area contributed by atoms with E-state index in [1.165, 1.54) is 6.92 Å². The van der Waals surface area contributed by atoms with Gasteiger partial charge in [-0.15, -0.1) is 11.6 Å². The van der Waals surface area contributed by atoms with Crippen molar-refractivity contribution in [3.05, 3.63) is 11.8 Å². The number of halogens is 3. The molecule has 1 nitrogen and oxygen atoms in total. The highest BCUT2D eigenvalue weighted by atomic mass is 35.5. The predicted molar refractivity (Wildman–Crippen MR) is 27.2 cm³/mol. The van der Waals surface area contributed by atoms with Crippen LogP contribution in [0.15, 0.2) is 11.8 Å². The van der Waals surface area contributed by atoms with Gasteiger partial charge in [0.1, 0.15) is 0 Å². The van der Waals surface area contributed by atoms with Crippen molar-refractivity contribution in [2.24, 2.45) is 0 Å². The maximum absolute atomic E-state index is 11.8. The van der Waals surface area contributed by atoms with Gasteiger partial charge in [-0.3, -0.25) is 0 Å². The Kier molecular flexibility index (Phi) is 2.76. The molecule has 8 heavy (non-hydrogen) atoms. The maximum atomic E-state index is 11.8. The van der Waals surface area contributed by atoms with Gasteiger partial charge in [-0.05, 0) is 6.92 Å². The van der Waals surface area contributed by atoms with Crippen LogP contribution in [0, 0.1) is 0 Å². The molecular formula is C4H5ClF2O. The molecule has 0 aliphatic heterocycles. The van der Waals surface area contributed by atoms with Crippen LogP contribution in [0.2, 0.25) is 0 Å². The third kappa shape index (κ3) is 2.12. The molecule has 0 saturated carbocycles. The molecule has 1 atom stereocenters. The van der Waals surface area contributed by atoms with Gasteiger partial charge in [0.05, 0.1) is 5.38 Å². The molecule has 0 amide bonds. The van der Waals surface area contributed by atoms with E-state index in [4.69, 9.17) is 16.7 Å². The average molecular weight is 143 g/mol. The largest absolute Gasteiger partial charge is 0.484 e. The summed E-state index contributed by atoms with van der Waals surface area (Å²) in [4.78, 5) is 0. The van der Waals surface area contributed by atoms with Gasteiger partial charge < -0.3 is 5.11 Å². The third-order valence-electron chi connectivity index (χ3n) is 0.546. The Morgan fingerprint density at radius 2 is 2.00 bits per heavy atom. The Hall–Kier alpha value is -0.310. The van der Waals surface area contributed by atoms with E-state index < -0.39 is 17.2 Å². The van der Waals surface area contributed by atoms with E-state index in [9.17, 15) is 8.78 Å². The Bertz CT molecular complexity index is 107. The first-order valence-electron chi connectivity index (χ1n) is 1.94. The predicted octanol–water partition coefficient (Wildman–Crippen LogP) is 2.28. The quantitative estimate of drug-likeness (QED) is 0.440. The van der Waals surface area contributed by atoms with Crippen LogP contribution in [-0.2, 0) is 0 Å². The van der Waals surface area contributed by atoms with Gasteiger partial charge in [-0.1, -0.05) is 0 Å². The fourth-order valence-electron chi connectivity index (χ4n) is 0.164. The summed E-state index contributed by atoms with van der Waals surface area (Å²) in [5.74, 6) is -1.33. The van der Waals surface area contributed by atoms with Crippen molar-refractivity contribution in [3.8, 4) is 0 Å². The van der Waals surface area contributed by atoms with Crippen LogP contribution in [0.25, 0.3) is 0 Å². The third-order valence-corrected chi connectivity index (χ3v) is 0.738. The van der Waals surface area contributed by atoms with Gasteiger partial charge in [0.25, 0.3) is 0 Å². The second-order valence-electron chi connectivity index (χ2n) is 1.25. The first-order chi connectivity index (χ1) is 3.55. The summed E-state index contributed by atoms with van der Waals surface area (Å²) < 4.78 is 23.1. The summed E-state index contributed by atoms with van der Waals surface area (Å²) in [6.07, 6.45) is 0. The Morgan fingerprint density at radius 3 is 2.00 bits per heavy atom. The van der Waals surface area contributed by atoms with Crippen LogP contribution in [-0.4, -0.2) is 10.5 Å². The monoisotopic (exact) mass is 142 g/mol. The summed E-state index contributed by atoms with van der Waals surface area (Å²) >= 11 is 4.99. The number of allylic oxidation sites excluding steroid dienone is 1. The molecule has 0 aromatic carbocycles. The van der Waals surface area contributed by atoms with Gasteiger partial charge in [-0.25, -0.2) is 4.39 Å². The standard InChI is InChI=1S/C4H5ClF2O/c1-2(5)3(6)4(7)8/h2,8H,1H3. The maximum Gasteiger partial charge on any atom is 0.303 e.